The molecular weight excluding hydrogens is 373 g/mol. The van der Waals surface area contributed by atoms with Crippen LogP contribution in [0.1, 0.15) is 17.3 Å². The maximum Gasteiger partial charge on any atom is 0.343 e. The zero-order chi connectivity index (χ0) is 19.0. The fourth-order valence-corrected chi connectivity index (χ4v) is 2.61. The molecule has 0 amide bonds. The Morgan fingerprint density at radius 3 is 2.69 bits per heavy atom. The Morgan fingerprint density at radius 2 is 2.04 bits per heavy atom. The van der Waals surface area contributed by atoms with Gasteiger partial charge in [-0.1, -0.05) is 11.6 Å². The second-order valence-corrected chi connectivity index (χ2v) is 5.54. The van der Waals surface area contributed by atoms with E-state index in [-0.39, 0.29) is 17.7 Å². The summed E-state index contributed by atoms with van der Waals surface area (Å²) in [6.07, 6.45) is 1.90. The third-order valence-electron chi connectivity index (χ3n) is 3.60. The molecule has 0 radical (unpaired) electrons. The highest BCUT2D eigenvalue weighted by Gasteiger charge is 2.22. The van der Waals surface area contributed by atoms with Crippen molar-refractivity contribution in [1.82, 2.24) is 9.55 Å². The van der Waals surface area contributed by atoms with Gasteiger partial charge in [0.1, 0.15) is 17.2 Å². The largest absolute Gasteiger partial charge is 0.462 e. The third-order valence-corrected chi connectivity index (χ3v) is 3.87. The minimum Gasteiger partial charge on any atom is -0.462 e. The van der Waals surface area contributed by atoms with Gasteiger partial charge in [0.25, 0.3) is 0 Å². The molecule has 2 aromatic heterocycles. The highest BCUT2D eigenvalue weighted by molar-refractivity contribution is 6.30. The zero-order valence-electron chi connectivity index (χ0n) is 13.2. The maximum absolute atomic E-state index is 14.5. The van der Waals surface area contributed by atoms with Gasteiger partial charge in [0, 0.05) is 18.5 Å². The van der Waals surface area contributed by atoms with Gasteiger partial charge in [0.15, 0.2) is 11.0 Å². The molecule has 26 heavy (non-hydrogen) atoms. The maximum atomic E-state index is 14.5. The molecule has 0 aliphatic rings. The summed E-state index contributed by atoms with van der Waals surface area (Å²) in [6.45, 7) is 1.53. The van der Waals surface area contributed by atoms with Crippen LogP contribution in [0.4, 0.5) is 13.2 Å². The lowest BCUT2D eigenvalue weighted by Gasteiger charge is -2.14. The Hall–Kier alpha value is -2.87. The van der Waals surface area contributed by atoms with Gasteiger partial charge in [-0.05, 0) is 19.1 Å². The number of rotatable bonds is 3. The summed E-state index contributed by atoms with van der Waals surface area (Å²) in [5.74, 6) is -3.93. The van der Waals surface area contributed by atoms with Crippen LogP contribution in [0.15, 0.2) is 35.4 Å². The van der Waals surface area contributed by atoms with E-state index in [1.165, 1.54) is 6.92 Å². The molecule has 0 spiro atoms. The summed E-state index contributed by atoms with van der Waals surface area (Å²) in [6, 6.07) is 2.58. The van der Waals surface area contributed by atoms with Crippen LogP contribution in [-0.2, 0) is 4.74 Å². The molecule has 0 N–H and O–H groups in total. The molecule has 5 nitrogen and oxygen atoms in total. The first-order chi connectivity index (χ1) is 12.3. The molecule has 0 bridgehead atoms. The van der Waals surface area contributed by atoms with E-state index < -0.39 is 45.1 Å². The number of carbonyl (C=O) groups excluding carboxylic acids is 1. The Labute approximate surface area is 149 Å². The minimum atomic E-state index is -1.08. The second-order valence-electron chi connectivity index (χ2n) is 5.18. The molecule has 134 valence electrons. The van der Waals surface area contributed by atoms with E-state index in [4.69, 9.17) is 16.3 Å². The Kier molecular flexibility index (Phi) is 4.69. The molecule has 2 heterocycles. The Balaban J connectivity index is 2.46. The van der Waals surface area contributed by atoms with Crippen LogP contribution in [0.2, 0.25) is 5.15 Å². The first-order valence-electron chi connectivity index (χ1n) is 7.37. The van der Waals surface area contributed by atoms with Crippen LogP contribution >= 0.6 is 11.6 Å². The van der Waals surface area contributed by atoms with Gasteiger partial charge in [-0.2, -0.15) is 0 Å². The number of halogens is 4. The number of aromatic nitrogens is 2. The number of esters is 1. The van der Waals surface area contributed by atoms with Crippen molar-refractivity contribution >= 4 is 28.5 Å². The number of benzene rings is 1. The molecule has 3 rings (SSSR count). The van der Waals surface area contributed by atoms with E-state index in [9.17, 15) is 22.8 Å². The molecule has 9 heteroatoms. The van der Waals surface area contributed by atoms with Gasteiger partial charge in [-0.15, -0.1) is 0 Å². The fraction of sp³-hybridized carbons (Fsp3) is 0.118. The van der Waals surface area contributed by atoms with E-state index in [0.717, 1.165) is 29.1 Å². The lowest BCUT2D eigenvalue weighted by Crippen LogP contribution is -2.21. The first-order valence-corrected chi connectivity index (χ1v) is 7.74. The van der Waals surface area contributed by atoms with Gasteiger partial charge in [0.05, 0.1) is 23.2 Å². The van der Waals surface area contributed by atoms with Crippen molar-refractivity contribution in [3.8, 4) is 5.69 Å². The monoisotopic (exact) mass is 382 g/mol. The molecule has 0 atom stereocenters. The van der Waals surface area contributed by atoms with Gasteiger partial charge in [-0.25, -0.2) is 22.9 Å². The first kappa shape index (κ1) is 17.9. The van der Waals surface area contributed by atoms with Crippen LogP contribution < -0.4 is 5.43 Å². The van der Waals surface area contributed by atoms with Crippen molar-refractivity contribution in [2.45, 2.75) is 6.92 Å². The van der Waals surface area contributed by atoms with Gasteiger partial charge < -0.3 is 9.30 Å². The average Bonchev–Trinajstić information content (AvgIpc) is 2.59. The number of nitrogens with zero attached hydrogens (tertiary/aromatic N) is 2. The fourth-order valence-electron chi connectivity index (χ4n) is 2.47. The van der Waals surface area contributed by atoms with Crippen LogP contribution in [-0.4, -0.2) is 22.1 Å². The van der Waals surface area contributed by atoms with Crippen molar-refractivity contribution < 1.29 is 22.7 Å². The third kappa shape index (κ3) is 2.92. The molecule has 0 saturated carbocycles. The number of ether oxygens (including phenoxy) is 1. The Bertz CT molecular complexity index is 1100. The lowest BCUT2D eigenvalue weighted by atomic mass is 10.1. The van der Waals surface area contributed by atoms with Crippen LogP contribution in [0.5, 0.6) is 0 Å². The van der Waals surface area contributed by atoms with Crippen molar-refractivity contribution in [1.29, 1.82) is 0 Å². The summed E-state index contributed by atoms with van der Waals surface area (Å²) in [5, 5.41) is -0.849. The summed E-state index contributed by atoms with van der Waals surface area (Å²) < 4.78 is 47.7. The van der Waals surface area contributed by atoms with Gasteiger partial charge in [0.2, 0.25) is 5.43 Å². The highest BCUT2D eigenvalue weighted by atomic mass is 35.5. The van der Waals surface area contributed by atoms with Crippen molar-refractivity contribution in [3.05, 3.63) is 69.0 Å². The van der Waals surface area contributed by atoms with Gasteiger partial charge >= 0.3 is 5.97 Å². The highest BCUT2D eigenvalue weighted by Crippen LogP contribution is 2.25. The van der Waals surface area contributed by atoms with Crippen LogP contribution in [0.3, 0.4) is 0 Å². The number of pyridine rings is 2. The van der Waals surface area contributed by atoms with E-state index in [0.29, 0.717) is 6.07 Å². The summed E-state index contributed by atoms with van der Waals surface area (Å²) in [7, 11) is 0. The SMILES string of the molecule is CCOC(=O)c1cn(-c2ccc(F)cc2F)c2c(F)c(Cl)ncc2c1=O. The number of fused-ring (bicyclic) bond motifs is 1. The van der Waals surface area contributed by atoms with Crippen LogP contribution in [0, 0.1) is 17.5 Å². The van der Waals surface area contributed by atoms with Crippen molar-refractivity contribution in [2.24, 2.45) is 0 Å². The quantitative estimate of drug-likeness (QED) is 0.512. The van der Waals surface area contributed by atoms with Gasteiger partial charge in [-0.3, -0.25) is 4.79 Å². The van der Waals surface area contributed by atoms with E-state index >= 15 is 0 Å². The normalized spacial score (nSPS) is 11.0. The molecule has 0 fully saturated rings. The molecule has 3 aromatic rings. The summed E-state index contributed by atoms with van der Waals surface area (Å²) in [4.78, 5) is 28.1. The summed E-state index contributed by atoms with van der Waals surface area (Å²) >= 11 is 5.67. The summed E-state index contributed by atoms with van der Waals surface area (Å²) in [5.41, 5.74) is -1.98. The topological polar surface area (TPSA) is 61.2 Å². The van der Waals surface area contributed by atoms with Crippen molar-refractivity contribution in [2.75, 3.05) is 6.61 Å². The van der Waals surface area contributed by atoms with E-state index in [2.05, 4.69) is 4.98 Å². The number of hydrogen-bond donors (Lipinski definition) is 0. The zero-order valence-corrected chi connectivity index (χ0v) is 14.0. The predicted molar refractivity (Wildman–Crippen MR) is 88.2 cm³/mol. The molecule has 0 unspecified atom stereocenters. The minimum absolute atomic E-state index is 0.00551. The number of carbonyl (C=O) groups is 1. The van der Waals surface area contributed by atoms with Crippen molar-refractivity contribution in [3.63, 3.8) is 0 Å². The predicted octanol–water partition coefficient (Wildman–Crippen LogP) is 3.63. The van der Waals surface area contributed by atoms with E-state index in [1.807, 2.05) is 0 Å². The Morgan fingerprint density at radius 1 is 1.31 bits per heavy atom. The molecule has 0 aliphatic carbocycles. The smallest absolute Gasteiger partial charge is 0.343 e. The molecule has 1 aromatic carbocycles. The second kappa shape index (κ2) is 6.80. The number of hydrogen-bond acceptors (Lipinski definition) is 4. The van der Waals surface area contributed by atoms with E-state index in [1.54, 1.807) is 0 Å². The lowest BCUT2D eigenvalue weighted by molar-refractivity contribution is 0.0524. The average molecular weight is 383 g/mol. The molecule has 0 aliphatic heterocycles. The molecule has 0 saturated heterocycles. The van der Waals surface area contributed by atoms with Crippen LogP contribution in [0.25, 0.3) is 16.6 Å². The standard InChI is InChI=1S/C17H10ClF3N2O3/c1-2-26-17(25)10-7-23(12-4-3-8(19)5-11(12)20)14-9(15(10)24)6-22-16(18)13(14)21/h3-7H,2H2,1H3. The molecular formula is C17H10ClF3N2O3.